The van der Waals surface area contributed by atoms with Crippen molar-refractivity contribution in [3.63, 3.8) is 0 Å². The van der Waals surface area contributed by atoms with Gasteiger partial charge in [0.2, 0.25) is 0 Å². The van der Waals surface area contributed by atoms with Gasteiger partial charge in [0.1, 0.15) is 24.3 Å². The third-order valence-corrected chi connectivity index (χ3v) is 5.17. The predicted octanol–water partition coefficient (Wildman–Crippen LogP) is 5.02. The van der Waals surface area contributed by atoms with Crippen LogP contribution in [0.3, 0.4) is 0 Å². The first kappa shape index (κ1) is 22.3. The largest absolute Gasteiger partial charge is 0.371 e. The van der Waals surface area contributed by atoms with Gasteiger partial charge in [-0.05, 0) is 6.42 Å². The molecule has 0 bridgehead atoms. The van der Waals surface area contributed by atoms with Gasteiger partial charge in [-0.25, -0.2) is 0 Å². The van der Waals surface area contributed by atoms with Crippen LogP contribution in [0, 0.1) is 0 Å². The molecule has 0 aliphatic carbocycles. The average Bonchev–Trinajstić information content (AvgIpc) is 3.45. The first-order chi connectivity index (χ1) is 12.3. The second-order valence-electron chi connectivity index (χ2n) is 7.37. The Morgan fingerprint density at radius 3 is 1.68 bits per heavy atom. The molecule has 0 spiro atoms. The fourth-order valence-corrected chi connectivity index (χ4v) is 3.41. The zero-order chi connectivity index (χ0) is 18.2. The van der Waals surface area contributed by atoms with E-state index in [9.17, 15) is 9.59 Å². The second-order valence-corrected chi connectivity index (χ2v) is 7.37. The number of carbonyl (C=O) groups excluding carboxylic acids is 2. The Morgan fingerprint density at radius 1 is 0.840 bits per heavy atom. The van der Waals surface area contributed by atoms with Crippen molar-refractivity contribution in [3.05, 3.63) is 0 Å². The molecule has 1 rings (SSSR count). The Kier molecular flexibility index (Phi) is 12.9. The second kappa shape index (κ2) is 14.4. The van der Waals surface area contributed by atoms with Crippen LogP contribution >= 0.6 is 0 Å². The van der Waals surface area contributed by atoms with Gasteiger partial charge in [0, 0.05) is 19.4 Å². The van der Waals surface area contributed by atoms with Crippen LogP contribution in [0.5, 0.6) is 0 Å². The van der Waals surface area contributed by atoms with Gasteiger partial charge in [-0.2, -0.15) is 0 Å². The molecule has 0 radical (unpaired) electrons. The standard InChI is InChI=1S/C21H38O4/c1-2-3-4-5-6-7-8-9-10-11-12-13-18-25-21(14-16-22,15-17-23)20-19-24-20/h16-17,20H,2-15,18-19H2,1H3. The highest BCUT2D eigenvalue weighted by Gasteiger charge is 2.47. The van der Waals surface area contributed by atoms with E-state index in [0.29, 0.717) is 13.2 Å². The minimum atomic E-state index is -0.707. The number of hydrogen-bond acceptors (Lipinski definition) is 4. The van der Waals surface area contributed by atoms with Crippen molar-refractivity contribution < 1.29 is 19.1 Å². The third kappa shape index (κ3) is 10.1. The Labute approximate surface area is 154 Å². The molecule has 1 aliphatic rings. The fourth-order valence-electron chi connectivity index (χ4n) is 3.41. The Morgan fingerprint density at radius 2 is 1.28 bits per heavy atom. The molecule has 0 aromatic rings. The smallest absolute Gasteiger partial charge is 0.122 e. The molecule has 0 N–H and O–H groups in total. The number of aldehydes is 2. The molecule has 0 amide bonds. The minimum absolute atomic E-state index is 0.0831. The zero-order valence-corrected chi connectivity index (χ0v) is 16.2. The van der Waals surface area contributed by atoms with Gasteiger partial charge in [-0.3, -0.25) is 0 Å². The van der Waals surface area contributed by atoms with Gasteiger partial charge in [0.05, 0.1) is 6.61 Å². The molecule has 0 saturated carbocycles. The molecule has 146 valence electrons. The van der Waals surface area contributed by atoms with Crippen LogP contribution in [0.15, 0.2) is 0 Å². The van der Waals surface area contributed by atoms with Crippen LogP contribution in [0.4, 0.5) is 0 Å². The summed E-state index contributed by atoms with van der Waals surface area (Å²) in [6.45, 7) is 3.47. The van der Waals surface area contributed by atoms with E-state index >= 15 is 0 Å². The molecular formula is C21H38O4. The lowest BCUT2D eigenvalue weighted by Crippen LogP contribution is -2.40. The predicted molar refractivity (Wildman–Crippen MR) is 101 cm³/mol. The minimum Gasteiger partial charge on any atom is -0.371 e. The van der Waals surface area contributed by atoms with Crippen molar-refractivity contribution in [2.75, 3.05) is 13.2 Å². The summed E-state index contributed by atoms with van der Waals surface area (Å²) in [7, 11) is 0. The SMILES string of the molecule is CCCCCCCCCCCCCCOC(CC=O)(CC=O)C1CO1. The third-order valence-electron chi connectivity index (χ3n) is 5.17. The topological polar surface area (TPSA) is 55.9 Å². The molecule has 0 aromatic carbocycles. The highest BCUT2D eigenvalue weighted by Crippen LogP contribution is 2.33. The highest BCUT2D eigenvalue weighted by atomic mass is 16.6. The molecule has 25 heavy (non-hydrogen) atoms. The van der Waals surface area contributed by atoms with Crippen LogP contribution in [0.25, 0.3) is 0 Å². The number of hydrogen-bond donors (Lipinski definition) is 0. The van der Waals surface area contributed by atoms with Gasteiger partial charge in [-0.1, -0.05) is 77.6 Å². The van der Waals surface area contributed by atoms with Gasteiger partial charge >= 0.3 is 0 Å². The average molecular weight is 355 g/mol. The molecule has 4 heteroatoms. The number of rotatable bonds is 19. The molecule has 1 heterocycles. The summed E-state index contributed by atoms with van der Waals surface area (Å²) < 4.78 is 11.2. The van der Waals surface area contributed by atoms with Crippen LogP contribution in [-0.2, 0) is 19.1 Å². The molecule has 1 fully saturated rings. The summed E-state index contributed by atoms with van der Waals surface area (Å²) in [6.07, 6.45) is 17.8. The number of unbranched alkanes of at least 4 members (excludes halogenated alkanes) is 11. The van der Waals surface area contributed by atoms with Crippen LogP contribution in [0.1, 0.15) is 96.8 Å². The Hall–Kier alpha value is -0.740. The lowest BCUT2D eigenvalue weighted by Gasteiger charge is -2.29. The summed E-state index contributed by atoms with van der Waals surface area (Å²) >= 11 is 0. The van der Waals surface area contributed by atoms with Crippen LogP contribution in [-0.4, -0.2) is 37.5 Å². The Bertz CT molecular complexity index is 329. The first-order valence-corrected chi connectivity index (χ1v) is 10.4. The lowest BCUT2D eigenvalue weighted by molar-refractivity contribution is -0.126. The fraction of sp³-hybridized carbons (Fsp3) is 0.905. The van der Waals surface area contributed by atoms with E-state index in [4.69, 9.17) is 9.47 Å². The van der Waals surface area contributed by atoms with E-state index in [1.807, 2.05) is 0 Å². The quantitative estimate of drug-likeness (QED) is 0.186. The molecule has 0 aromatic heterocycles. The molecular weight excluding hydrogens is 316 g/mol. The molecule has 1 aliphatic heterocycles. The highest BCUT2D eigenvalue weighted by molar-refractivity contribution is 5.57. The van der Waals surface area contributed by atoms with Crippen molar-refractivity contribution >= 4 is 12.6 Å². The van der Waals surface area contributed by atoms with Gasteiger partial charge in [-0.15, -0.1) is 0 Å². The van der Waals surface area contributed by atoms with Gasteiger partial charge in [0.15, 0.2) is 0 Å². The maximum atomic E-state index is 10.9. The monoisotopic (exact) mass is 354 g/mol. The molecule has 1 saturated heterocycles. The van der Waals surface area contributed by atoms with E-state index < -0.39 is 5.60 Å². The van der Waals surface area contributed by atoms with E-state index in [2.05, 4.69) is 6.92 Å². The summed E-state index contributed by atoms with van der Waals surface area (Å²) in [5, 5.41) is 0. The van der Waals surface area contributed by atoms with Crippen molar-refractivity contribution in [2.45, 2.75) is 109 Å². The van der Waals surface area contributed by atoms with Crippen LogP contribution < -0.4 is 0 Å². The molecule has 4 nitrogen and oxygen atoms in total. The molecule has 1 atom stereocenters. The van der Waals surface area contributed by atoms with Crippen molar-refractivity contribution in [1.82, 2.24) is 0 Å². The summed E-state index contributed by atoms with van der Waals surface area (Å²) in [6, 6.07) is 0. The normalized spacial score (nSPS) is 16.8. The van der Waals surface area contributed by atoms with Crippen molar-refractivity contribution in [3.8, 4) is 0 Å². The maximum Gasteiger partial charge on any atom is 0.122 e. The maximum absolute atomic E-state index is 10.9. The summed E-state index contributed by atoms with van der Waals surface area (Å²) in [5.41, 5.74) is -0.707. The number of carbonyl (C=O) groups is 2. The molecule has 1 unspecified atom stereocenters. The zero-order valence-electron chi connectivity index (χ0n) is 16.2. The van der Waals surface area contributed by atoms with Crippen molar-refractivity contribution in [2.24, 2.45) is 0 Å². The lowest BCUT2D eigenvalue weighted by atomic mass is 9.92. The van der Waals surface area contributed by atoms with E-state index in [1.54, 1.807) is 0 Å². The Balaban J connectivity index is 1.96. The van der Waals surface area contributed by atoms with Crippen molar-refractivity contribution in [1.29, 1.82) is 0 Å². The summed E-state index contributed by atoms with van der Waals surface area (Å²) in [5.74, 6) is 0. The number of epoxide rings is 1. The van der Waals surface area contributed by atoms with E-state index in [-0.39, 0.29) is 18.9 Å². The first-order valence-electron chi connectivity index (χ1n) is 10.4. The number of ether oxygens (including phenoxy) is 2. The van der Waals surface area contributed by atoms with Crippen LogP contribution in [0.2, 0.25) is 0 Å². The van der Waals surface area contributed by atoms with E-state index in [0.717, 1.165) is 25.4 Å². The van der Waals surface area contributed by atoms with E-state index in [1.165, 1.54) is 64.2 Å². The van der Waals surface area contributed by atoms with Gasteiger partial charge < -0.3 is 19.1 Å². The van der Waals surface area contributed by atoms with Gasteiger partial charge in [0.25, 0.3) is 0 Å². The summed E-state index contributed by atoms with van der Waals surface area (Å²) in [4.78, 5) is 21.8.